The Bertz CT molecular complexity index is 269. The summed E-state index contributed by atoms with van der Waals surface area (Å²) >= 11 is 0. The van der Waals surface area contributed by atoms with E-state index in [4.69, 9.17) is 5.73 Å². The van der Waals surface area contributed by atoms with Crippen LogP contribution in [0.3, 0.4) is 0 Å². The normalized spacial score (nSPS) is 17.5. The maximum absolute atomic E-state index is 5.92. The number of nitrogens with two attached hydrogens (primary N) is 1. The molecule has 0 aromatic rings. The highest BCUT2D eigenvalue weighted by molar-refractivity contribution is 5.83. The molecule has 1 rings (SSSR count). The van der Waals surface area contributed by atoms with Crippen LogP contribution in [0.2, 0.25) is 0 Å². The summed E-state index contributed by atoms with van der Waals surface area (Å²) < 4.78 is 0. The maximum Gasteiger partial charge on any atom is 0.100 e. The first-order chi connectivity index (χ1) is 8.75. The van der Waals surface area contributed by atoms with Crippen LogP contribution in [0.5, 0.6) is 0 Å². The van der Waals surface area contributed by atoms with E-state index in [2.05, 4.69) is 29.0 Å². The summed E-state index contributed by atoms with van der Waals surface area (Å²) in [6.45, 7) is 6.20. The predicted octanol–water partition coefficient (Wildman–Crippen LogP) is 3.31. The van der Waals surface area contributed by atoms with Crippen molar-refractivity contribution >= 4 is 5.84 Å². The molecule has 0 saturated carbocycles. The van der Waals surface area contributed by atoms with E-state index >= 15 is 0 Å². The Morgan fingerprint density at radius 3 is 2.67 bits per heavy atom. The molecule has 0 spiro atoms. The smallest absolute Gasteiger partial charge is 0.100 e. The molecule has 0 aromatic heterocycles. The number of hydrogen-bond acceptors (Lipinski definition) is 3. The fourth-order valence-corrected chi connectivity index (χ4v) is 2.29. The topological polar surface area (TPSA) is 41.6 Å². The maximum atomic E-state index is 5.92. The third-order valence-electron chi connectivity index (χ3n) is 3.37. The summed E-state index contributed by atoms with van der Waals surface area (Å²) in [5.41, 5.74) is 5.92. The molecule has 2 N–H and O–H groups in total. The van der Waals surface area contributed by atoms with Crippen LogP contribution in [0.4, 0.5) is 0 Å². The van der Waals surface area contributed by atoms with Gasteiger partial charge in [0.25, 0.3) is 0 Å². The third-order valence-corrected chi connectivity index (χ3v) is 3.37. The van der Waals surface area contributed by atoms with Crippen LogP contribution in [0.25, 0.3) is 0 Å². The van der Waals surface area contributed by atoms with Crippen LogP contribution >= 0.6 is 0 Å². The number of unbranched alkanes of at least 4 members (excludes halogenated alkanes) is 4. The zero-order valence-corrected chi connectivity index (χ0v) is 12.1. The van der Waals surface area contributed by atoms with Crippen LogP contribution in [0.15, 0.2) is 17.1 Å². The van der Waals surface area contributed by atoms with Crippen molar-refractivity contribution in [1.29, 1.82) is 0 Å². The first-order valence-corrected chi connectivity index (χ1v) is 7.46. The number of nitrogens with zero attached hydrogens (tertiary/aromatic N) is 2. The summed E-state index contributed by atoms with van der Waals surface area (Å²) in [6.07, 6.45) is 13.4. The largest absolute Gasteiger partial charge is 0.343 e. The van der Waals surface area contributed by atoms with Gasteiger partial charge < -0.3 is 10.6 Å². The summed E-state index contributed by atoms with van der Waals surface area (Å²) in [4.78, 5) is 6.76. The molecular formula is C15H29N3. The number of aliphatic imine (C=N–C) groups is 1. The van der Waals surface area contributed by atoms with E-state index in [0.29, 0.717) is 0 Å². The lowest BCUT2D eigenvalue weighted by Gasteiger charge is -2.24. The average Bonchev–Trinajstić information content (AvgIpc) is 2.81. The molecule has 0 bridgehead atoms. The molecule has 0 amide bonds. The highest BCUT2D eigenvalue weighted by atomic mass is 15.3. The second-order valence-corrected chi connectivity index (χ2v) is 5.09. The molecule has 1 heterocycles. The van der Waals surface area contributed by atoms with Gasteiger partial charge in [0.2, 0.25) is 0 Å². The first-order valence-electron chi connectivity index (χ1n) is 7.46. The van der Waals surface area contributed by atoms with Crippen molar-refractivity contribution in [3.05, 3.63) is 12.2 Å². The third kappa shape index (κ3) is 5.67. The second-order valence-electron chi connectivity index (χ2n) is 5.09. The number of hydrogen-bond donors (Lipinski definition) is 1. The Labute approximate surface area is 112 Å². The molecule has 0 saturated heterocycles. The molecule has 1 aliphatic rings. The number of amidine groups is 1. The van der Waals surface area contributed by atoms with E-state index in [-0.39, 0.29) is 6.17 Å². The Balaban J connectivity index is 2.07. The highest BCUT2D eigenvalue weighted by Crippen LogP contribution is 2.10. The molecular weight excluding hydrogens is 222 g/mol. The van der Waals surface area contributed by atoms with Gasteiger partial charge in [-0.25, -0.2) is 0 Å². The van der Waals surface area contributed by atoms with Gasteiger partial charge in [0.1, 0.15) is 5.84 Å². The van der Waals surface area contributed by atoms with E-state index in [0.717, 1.165) is 25.9 Å². The lowest BCUT2D eigenvalue weighted by atomic mass is 10.1. The molecule has 18 heavy (non-hydrogen) atoms. The zero-order valence-electron chi connectivity index (χ0n) is 12.1. The van der Waals surface area contributed by atoms with Crippen LogP contribution < -0.4 is 5.73 Å². The summed E-state index contributed by atoms with van der Waals surface area (Å²) in [5, 5.41) is 0. The molecule has 0 radical (unpaired) electrons. The standard InChI is InChI=1S/C15H29N3/c1-3-4-5-6-7-8-9-10-11-15-17-12-13-18(15)14(2)16/h7-8,14H,3-6,9-13,16H2,1-2H3/b8-7+. The molecule has 1 aliphatic heterocycles. The minimum Gasteiger partial charge on any atom is -0.343 e. The molecule has 104 valence electrons. The zero-order chi connectivity index (χ0) is 13.2. The van der Waals surface area contributed by atoms with E-state index < -0.39 is 0 Å². The Kier molecular flexibility index (Phi) is 7.74. The summed E-state index contributed by atoms with van der Waals surface area (Å²) in [5.74, 6) is 1.21. The highest BCUT2D eigenvalue weighted by Gasteiger charge is 2.18. The lowest BCUT2D eigenvalue weighted by molar-refractivity contribution is 0.359. The van der Waals surface area contributed by atoms with Crippen molar-refractivity contribution < 1.29 is 0 Å². The van der Waals surface area contributed by atoms with Crippen molar-refractivity contribution in [1.82, 2.24) is 4.90 Å². The average molecular weight is 251 g/mol. The van der Waals surface area contributed by atoms with Gasteiger partial charge in [0, 0.05) is 13.0 Å². The van der Waals surface area contributed by atoms with Gasteiger partial charge in [0.15, 0.2) is 0 Å². The van der Waals surface area contributed by atoms with Crippen molar-refractivity contribution in [3.8, 4) is 0 Å². The molecule has 0 aliphatic carbocycles. The van der Waals surface area contributed by atoms with Gasteiger partial charge in [0.05, 0.1) is 12.7 Å². The predicted molar refractivity (Wildman–Crippen MR) is 79.8 cm³/mol. The van der Waals surface area contributed by atoms with Crippen molar-refractivity contribution in [2.45, 2.75) is 65.0 Å². The Morgan fingerprint density at radius 2 is 2.00 bits per heavy atom. The van der Waals surface area contributed by atoms with Gasteiger partial charge in [-0.05, 0) is 32.6 Å². The van der Waals surface area contributed by atoms with E-state index in [1.165, 1.54) is 37.9 Å². The molecule has 1 atom stereocenters. The van der Waals surface area contributed by atoms with Crippen LogP contribution in [0.1, 0.15) is 58.8 Å². The molecule has 3 nitrogen and oxygen atoms in total. The van der Waals surface area contributed by atoms with Crippen LogP contribution in [-0.2, 0) is 0 Å². The second kappa shape index (κ2) is 9.15. The van der Waals surface area contributed by atoms with Crippen LogP contribution in [-0.4, -0.2) is 30.0 Å². The van der Waals surface area contributed by atoms with Gasteiger partial charge in [-0.1, -0.05) is 31.9 Å². The monoisotopic (exact) mass is 251 g/mol. The summed E-state index contributed by atoms with van der Waals surface area (Å²) in [6, 6.07) is 0. The number of rotatable bonds is 9. The Hall–Kier alpha value is -0.830. The van der Waals surface area contributed by atoms with Crippen molar-refractivity contribution in [2.24, 2.45) is 10.7 Å². The molecule has 0 aromatic carbocycles. The van der Waals surface area contributed by atoms with Crippen molar-refractivity contribution in [3.63, 3.8) is 0 Å². The lowest BCUT2D eigenvalue weighted by Crippen LogP contribution is -2.41. The van der Waals surface area contributed by atoms with Gasteiger partial charge >= 0.3 is 0 Å². The van der Waals surface area contributed by atoms with Crippen LogP contribution in [0, 0.1) is 0 Å². The minimum atomic E-state index is 0.107. The van der Waals surface area contributed by atoms with E-state index in [1.807, 2.05) is 6.92 Å². The van der Waals surface area contributed by atoms with E-state index in [1.54, 1.807) is 0 Å². The Morgan fingerprint density at radius 1 is 1.28 bits per heavy atom. The van der Waals surface area contributed by atoms with Gasteiger partial charge in [-0.3, -0.25) is 4.99 Å². The minimum absolute atomic E-state index is 0.107. The fourth-order valence-electron chi connectivity index (χ4n) is 2.29. The molecule has 1 unspecified atom stereocenters. The summed E-state index contributed by atoms with van der Waals surface area (Å²) in [7, 11) is 0. The van der Waals surface area contributed by atoms with Gasteiger partial charge in [-0.2, -0.15) is 0 Å². The number of allylic oxidation sites excluding steroid dienone is 2. The fraction of sp³-hybridized carbons (Fsp3) is 0.800. The van der Waals surface area contributed by atoms with E-state index in [9.17, 15) is 0 Å². The first kappa shape index (κ1) is 15.2. The van der Waals surface area contributed by atoms with Gasteiger partial charge in [-0.15, -0.1) is 0 Å². The van der Waals surface area contributed by atoms with Crippen molar-refractivity contribution in [2.75, 3.05) is 13.1 Å². The SMILES string of the molecule is CCCCC/C=C/CCCC1=NCCN1C(C)N. The molecule has 3 heteroatoms. The quantitative estimate of drug-likeness (QED) is 0.504. The molecule has 0 fully saturated rings.